The molecule has 11 heteroatoms. The minimum Gasteiger partial charge on any atom is -0.393 e. The molecule has 2 fully saturated rings. The van der Waals surface area contributed by atoms with E-state index in [-0.39, 0.29) is 12.8 Å². The molecule has 0 amide bonds. The Balaban J connectivity index is 0.000000966. The van der Waals surface area contributed by atoms with Gasteiger partial charge in [-0.05, 0) is 101 Å². The van der Waals surface area contributed by atoms with E-state index in [4.69, 9.17) is 27.6 Å². The summed E-state index contributed by atoms with van der Waals surface area (Å²) >= 11 is 0. The monoisotopic (exact) mass is 574 g/mol. The van der Waals surface area contributed by atoms with Gasteiger partial charge in [-0.2, -0.15) is 0 Å². The number of rotatable bonds is 12. The van der Waals surface area contributed by atoms with Crippen LogP contribution in [0.1, 0.15) is 108 Å². The summed E-state index contributed by atoms with van der Waals surface area (Å²) in [5, 5.41) is 10.3. The van der Waals surface area contributed by atoms with Crippen molar-refractivity contribution >= 4 is 15.2 Å². The molecule has 0 aromatic heterocycles. The molecule has 9 nitrogen and oxygen atoms in total. The van der Waals surface area contributed by atoms with Crippen LogP contribution in [0.3, 0.4) is 0 Å². The largest absolute Gasteiger partial charge is 0.393 e. The molecule has 1 saturated carbocycles. The summed E-state index contributed by atoms with van der Waals surface area (Å²) in [6.45, 7) is 21.6. The highest BCUT2D eigenvalue weighted by molar-refractivity contribution is 7.74. The molecule has 0 aromatic rings. The van der Waals surface area contributed by atoms with E-state index in [1.807, 2.05) is 13.8 Å². The van der Waals surface area contributed by atoms with Gasteiger partial charge in [0.15, 0.2) is 4.90 Å². The van der Waals surface area contributed by atoms with Gasteiger partial charge in [0, 0.05) is 32.8 Å². The molecule has 1 atom stereocenters. The number of hydrogen-bond donors (Lipinski definition) is 1. The minimum atomic E-state index is -3.95. The second kappa shape index (κ2) is 18.5. The molecule has 1 aliphatic carbocycles. The third-order valence-electron chi connectivity index (χ3n) is 5.34. The Hall–Kier alpha value is 0.180. The van der Waals surface area contributed by atoms with E-state index >= 15 is 0 Å². The van der Waals surface area contributed by atoms with Gasteiger partial charge >= 0.3 is 15.2 Å². The maximum Gasteiger partial charge on any atom is 0.349 e. The van der Waals surface area contributed by atoms with E-state index in [1.54, 1.807) is 55.4 Å². The molecular formula is C26H56O9P2. The van der Waals surface area contributed by atoms with Gasteiger partial charge in [0.25, 0.3) is 0 Å². The van der Waals surface area contributed by atoms with Crippen LogP contribution in [-0.2, 0) is 36.7 Å². The lowest BCUT2D eigenvalue weighted by atomic mass is 10.2. The van der Waals surface area contributed by atoms with Crippen molar-refractivity contribution in [2.75, 3.05) is 26.4 Å². The van der Waals surface area contributed by atoms with E-state index < -0.39 is 50.6 Å². The van der Waals surface area contributed by atoms with Crippen LogP contribution in [0.2, 0.25) is 0 Å². The predicted molar refractivity (Wildman–Crippen MR) is 150 cm³/mol. The van der Waals surface area contributed by atoms with Crippen molar-refractivity contribution in [3.8, 4) is 0 Å². The van der Waals surface area contributed by atoms with Crippen LogP contribution >= 0.6 is 15.2 Å². The smallest absolute Gasteiger partial charge is 0.349 e. The van der Waals surface area contributed by atoms with Crippen molar-refractivity contribution in [1.82, 2.24) is 0 Å². The van der Waals surface area contributed by atoms with Gasteiger partial charge in [-0.25, -0.2) is 0 Å². The minimum absolute atomic E-state index is 0.0135. The van der Waals surface area contributed by atoms with Crippen molar-refractivity contribution in [3.05, 3.63) is 0 Å². The Bertz CT molecular complexity index is 599. The zero-order chi connectivity index (χ0) is 28.7. The molecule has 2 rings (SSSR count). The quantitative estimate of drug-likeness (QED) is 0.236. The summed E-state index contributed by atoms with van der Waals surface area (Å²) in [5.74, 6) is 0. The highest BCUT2D eigenvalue weighted by atomic mass is 31.2. The Kier molecular flexibility index (Phi) is 18.6. The molecule has 1 saturated heterocycles. The summed E-state index contributed by atoms with van der Waals surface area (Å²) in [7, 11) is -7.91. The van der Waals surface area contributed by atoms with Crippen LogP contribution in [-0.4, -0.2) is 67.0 Å². The fourth-order valence-electron chi connectivity index (χ4n) is 4.07. The first-order valence-electron chi connectivity index (χ1n) is 14.0. The molecule has 2 aliphatic rings. The summed E-state index contributed by atoms with van der Waals surface area (Å²) < 4.78 is 61.1. The number of aliphatic hydroxyl groups is 1. The van der Waals surface area contributed by atoms with Gasteiger partial charge in [0.1, 0.15) is 0 Å². The van der Waals surface area contributed by atoms with Crippen LogP contribution < -0.4 is 0 Å². The number of hydrogen-bond acceptors (Lipinski definition) is 9. The zero-order valence-corrected chi connectivity index (χ0v) is 26.9. The molecular weight excluding hydrogens is 518 g/mol. The Labute approximate surface area is 226 Å². The van der Waals surface area contributed by atoms with Gasteiger partial charge in [0.05, 0.1) is 30.5 Å². The van der Waals surface area contributed by atoms with Gasteiger partial charge in [-0.3, -0.25) is 9.13 Å². The van der Waals surface area contributed by atoms with E-state index in [1.165, 1.54) is 19.3 Å². The van der Waals surface area contributed by atoms with Gasteiger partial charge in [0.2, 0.25) is 0 Å². The second-order valence-corrected chi connectivity index (χ2v) is 15.3. The molecule has 224 valence electrons. The molecule has 37 heavy (non-hydrogen) atoms. The van der Waals surface area contributed by atoms with Crippen LogP contribution in [0.5, 0.6) is 0 Å². The van der Waals surface area contributed by atoms with Crippen LogP contribution in [0, 0.1) is 0 Å². The maximum absolute atomic E-state index is 14.0. The van der Waals surface area contributed by atoms with Crippen molar-refractivity contribution < 1.29 is 41.8 Å². The van der Waals surface area contributed by atoms with Crippen LogP contribution in [0.15, 0.2) is 0 Å². The third-order valence-corrected chi connectivity index (χ3v) is 12.5. The molecule has 1 unspecified atom stereocenters. The highest BCUT2D eigenvalue weighted by Gasteiger charge is 2.68. The van der Waals surface area contributed by atoms with Gasteiger partial charge in [-0.1, -0.05) is 0 Å². The molecule has 0 spiro atoms. The third kappa shape index (κ3) is 12.9. The standard InChI is InChI=1S/C17H36O7P2.C5H10O.C4H10O/c1-12(2)21-25(19,22-13(3)4)17(10-9-16(18)11-17)26(20,23-14(5)6)24-15(7)8;1-2-4-6-5-3-1;1-3-5-4-2/h12-16,18H,9-11H2,1-8H3;1-5H2;3-4H2,1-2H3. The van der Waals surface area contributed by atoms with E-state index in [0.29, 0.717) is 6.42 Å². The van der Waals surface area contributed by atoms with Crippen molar-refractivity contribution in [2.45, 2.75) is 143 Å². The van der Waals surface area contributed by atoms with E-state index in [9.17, 15) is 14.2 Å². The first-order chi connectivity index (χ1) is 17.2. The van der Waals surface area contributed by atoms with Crippen molar-refractivity contribution in [1.29, 1.82) is 0 Å². The normalized spacial score (nSPS) is 20.1. The summed E-state index contributed by atoms with van der Waals surface area (Å²) in [6, 6.07) is 0. The molecule has 1 N–H and O–H groups in total. The van der Waals surface area contributed by atoms with E-state index in [0.717, 1.165) is 26.4 Å². The Morgan fingerprint density at radius 2 is 1.14 bits per heavy atom. The molecule has 1 aliphatic heterocycles. The zero-order valence-electron chi connectivity index (χ0n) is 25.1. The van der Waals surface area contributed by atoms with Crippen molar-refractivity contribution in [3.63, 3.8) is 0 Å². The van der Waals surface area contributed by atoms with Crippen molar-refractivity contribution in [2.24, 2.45) is 0 Å². The maximum atomic E-state index is 14.0. The molecule has 0 bridgehead atoms. The first-order valence-corrected chi connectivity index (χ1v) is 17.0. The average Bonchev–Trinajstić information content (AvgIpc) is 3.18. The Morgan fingerprint density at radius 3 is 1.30 bits per heavy atom. The second-order valence-electron chi connectivity index (χ2n) is 10.4. The van der Waals surface area contributed by atoms with Gasteiger partial charge < -0.3 is 32.7 Å². The molecule has 0 aromatic carbocycles. The lowest BCUT2D eigenvalue weighted by molar-refractivity contribution is 0.0968. The lowest BCUT2D eigenvalue weighted by Gasteiger charge is -2.42. The summed E-state index contributed by atoms with van der Waals surface area (Å²) in [5.41, 5.74) is 0. The number of ether oxygens (including phenoxy) is 2. The fourth-order valence-corrected chi connectivity index (χ4v) is 10.6. The topological polar surface area (TPSA) is 110 Å². The van der Waals surface area contributed by atoms with Gasteiger partial charge in [-0.15, -0.1) is 0 Å². The average molecular weight is 575 g/mol. The highest BCUT2D eigenvalue weighted by Crippen LogP contribution is 2.83. The lowest BCUT2D eigenvalue weighted by Crippen LogP contribution is -2.34. The summed E-state index contributed by atoms with van der Waals surface area (Å²) in [4.78, 5) is -1.53. The van der Waals surface area contributed by atoms with Crippen LogP contribution in [0.25, 0.3) is 0 Å². The molecule has 0 radical (unpaired) electrons. The number of aliphatic hydroxyl groups excluding tert-OH is 1. The first kappa shape index (κ1) is 37.2. The summed E-state index contributed by atoms with van der Waals surface area (Å²) in [6.07, 6.45) is 2.00. The van der Waals surface area contributed by atoms with Crippen LogP contribution in [0.4, 0.5) is 0 Å². The van der Waals surface area contributed by atoms with E-state index in [2.05, 4.69) is 0 Å². The molecule has 1 heterocycles. The SMILES string of the molecule is C1CCOCC1.CC(C)OP(=O)(OC(C)C)C1(P(=O)(OC(C)C)OC(C)C)CCC(O)C1.CCOCC. The fraction of sp³-hybridized carbons (Fsp3) is 1.00. The Morgan fingerprint density at radius 1 is 0.757 bits per heavy atom. The predicted octanol–water partition coefficient (Wildman–Crippen LogP) is 7.54.